The monoisotopic (exact) mass is 411 g/mol. The maximum absolute atomic E-state index is 5.55. The fourth-order valence-electron chi connectivity index (χ4n) is 2.65. The van der Waals surface area contributed by atoms with Crippen LogP contribution in [0, 0.1) is 5.41 Å². The van der Waals surface area contributed by atoms with E-state index in [1.807, 2.05) is 7.05 Å². The molecule has 0 atom stereocenters. The van der Waals surface area contributed by atoms with Crippen molar-refractivity contribution in [3.8, 4) is 0 Å². The number of aliphatic imine (C=N–C) groups is 1. The maximum Gasteiger partial charge on any atom is 0.190 e. The molecule has 1 fully saturated rings. The molecule has 1 rings (SSSR count). The summed E-state index contributed by atoms with van der Waals surface area (Å²) in [6.07, 6.45) is 8.81. The number of ether oxygens (including phenoxy) is 1. The van der Waals surface area contributed by atoms with Gasteiger partial charge >= 0.3 is 0 Å². The summed E-state index contributed by atoms with van der Waals surface area (Å²) in [6.45, 7) is 8.24. The molecule has 5 heteroatoms. The molecule has 0 aromatic carbocycles. The molecule has 21 heavy (non-hydrogen) atoms. The molecule has 1 saturated carbocycles. The number of hydrogen-bond acceptors (Lipinski definition) is 2. The van der Waals surface area contributed by atoms with E-state index in [-0.39, 0.29) is 24.0 Å². The first kappa shape index (κ1) is 21.0. The molecular weight excluding hydrogens is 377 g/mol. The van der Waals surface area contributed by atoms with Gasteiger partial charge in [-0.1, -0.05) is 33.1 Å². The van der Waals surface area contributed by atoms with Crippen molar-refractivity contribution >= 4 is 29.9 Å². The van der Waals surface area contributed by atoms with E-state index in [0.29, 0.717) is 5.41 Å². The van der Waals surface area contributed by atoms with Gasteiger partial charge in [-0.15, -0.1) is 24.0 Å². The number of rotatable bonds is 9. The smallest absolute Gasteiger partial charge is 0.190 e. The SMILES string of the molecule is CCCCOCCCNC(=NC)NCC1(C)CCCC1.I. The molecule has 0 saturated heterocycles. The standard InChI is InChI=1S/C16H33N3O.HI/c1-4-5-12-20-13-8-11-18-15(17-3)19-14-16(2)9-6-7-10-16;/h4-14H2,1-3H3,(H2,17,18,19);1H. The quantitative estimate of drug-likeness (QED) is 0.264. The third-order valence-electron chi connectivity index (χ3n) is 4.12. The lowest BCUT2D eigenvalue weighted by atomic mass is 9.89. The van der Waals surface area contributed by atoms with Gasteiger partial charge in [0.05, 0.1) is 0 Å². The van der Waals surface area contributed by atoms with Crippen LogP contribution in [-0.4, -0.2) is 39.3 Å². The Balaban J connectivity index is 0.00000400. The van der Waals surface area contributed by atoms with E-state index in [1.165, 1.54) is 32.1 Å². The zero-order valence-corrected chi connectivity index (χ0v) is 16.4. The summed E-state index contributed by atoms with van der Waals surface area (Å²) < 4.78 is 5.55. The molecule has 4 nitrogen and oxygen atoms in total. The second-order valence-electron chi connectivity index (χ2n) is 6.19. The Morgan fingerprint density at radius 1 is 1.14 bits per heavy atom. The van der Waals surface area contributed by atoms with E-state index in [2.05, 4.69) is 29.5 Å². The van der Waals surface area contributed by atoms with Gasteiger partial charge in [0.25, 0.3) is 0 Å². The van der Waals surface area contributed by atoms with E-state index in [0.717, 1.165) is 45.1 Å². The topological polar surface area (TPSA) is 45.6 Å². The highest BCUT2D eigenvalue weighted by Gasteiger charge is 2.28. The summed E-state index contributed by atoms with van der Waals surface area (Å²) in [5, 5.41) is 6.82. The van der Waals surface area contributed by atoms with Crippen molar-refractivity contribution in [2.75, 3.05) is 33.4 Å². The number of nitrogens with one attached hydrogen (secondary N) is 2. The fraction of sp³-hybridized carbons (Fsp3) is 0.938. The van der Waals surface area contributed by atoms with Crippen molar-refractivity contribution in [2.24, 2.45) is 10.4 Å². The summed E-state index contributed by atoms with van der Waals surface area (Å²) in [6, 6.07) is 0. The van der Waals surface area contributed by atoms with Crippen LogP contribution in [0.2, 0.25) is 0 Å². The number of unbranched alkanes of at least 4 members (excludes halogenated alkanes) is 1. The van der Waals surface area contributed by atoms with Gasteiger partial charge in [-0.05, 0) is 31.1 Å². The van der Waals surface area contributed by atoms with Gasteiger partial charge in [0, 0.05) is 33.4 Å². The third-order valence-corrected chi connectivity index (χ3v) is 4.12. The minimum absolute atomic E-state index is 0. The number of nitrogens with zero attached hydrogens (tertiary/aromatic N) is 1. The molecule has 0 heterocycles. The van der Waals surface area contributed by atoms with Crippen LogP contribution in [0.4, 0.5) is 0 Å². The van der Waals surface area contributed by atoms with Crippen LogP contribution in [0.3, 0.4) is 0 Å². The number of halogens is 1. The molecule has 0 unspecified atom stereocenters. The average molecular weight is 411 g/mol. The second-order valence-corrected chi connectivity index (χ2v) is 6.19. The van der Waals surface area contributed by atoms with Crippen molar-refractivity contribution in [3.05, 3.63) is 0 Å². The summed E-state index contributed by atoms with van der Waals surface area (Å²) >= 11 is 0. The zero-order chi connectivity index (χ0) is 14.7. The minimum atomic E-state index is 0. The largest absolute Gasteiger partial charge is 0.381 e. The second kappa shape index (κ2) is 12.5. The highest BCUT2D eigenvalue weighted by Crippen LogP contribution is 2.36. The first-order chi connectivity index (χ1) is 9.70. The molecule has 0 aromatic heterocycles. The Labute approximate surface area is 147 Å². The fourth-order valence-corrected chi connectivity index (χ4v) is 2.65. The predicted octanol–water partition coefficient (Wildman–Crippen LogP) is 3.56. The summed E-state index contributed by atoms with van der Waals surface area (Å²) in [5.74, 6) is 0.923. The third kappa shape index (κ3) is 9.55. The first-order valence-corrected chi connectivity index (χ1v) is 8.22. The summed E-state index contributed by atoms with van der Waals surface area (Å²) in [5.41, 5.74) is 0.459. The Hall–Kier alpha value is -0.0400. The van der Waals surface area contributed by atoms with Crippen LogP contribution in [0.5, 0.6) is 0 Å². The highest BCUT2D eigenvalue weighted by molar-refractivity contribution is 14.0. The predicted molar refractivity (Wildman–Crippen MR) is 102 cm³/mol. The molecule has 0 bridgehead atoms. The van der Waals surface area contributed by atoms with Gasteiger partial charge in [0.1, 0.15) is 0 Å². The van der Waals surface area contributed by atoms with Gasteiger partial charge in [-0.3, -0.25) is 4.99 Å². The molecule has 0 amide bonds. The summed E-state index contributed by atoms with van der Waals surface area (Å²) in [4.78, 5) is 4.28. The Morgan fingerprint density at radius 2 is 1.81 bits per heavy atom. The lowest BCUT2D eigenvalue weighted by Crippen LogP contribution is -2.42. The van der Waals surface area contributed by atoms with Crippen molar-refractivity contribution in [1.29, 1.82) is 0 Å². The molecule has 1 aliphatic carbocycles. The van der Waals surface area contributed by atoms with Gasteiger partial charge in [-0.25, -0.2) is 0 Å². The van der Waals surface area contributed by atoms with Crippen LogP contribution >= 0.6 is 24.0 Å². The molecule has 2 N–H and O–H groups in total. The van der Waals surface area contributed by atoms with E-state index in [4.69, 9.17) is 4.74 Å². The van der Waals surface area contributed by atoms with E-state index in [1.54, 1.807) is 0 Å². The lowest BCUT2D eigenvalue weighted by Gasteiger charge is -2.25. The van der Waals surface area contributed by atoms with Crippen LogP contribution in [-0.2, 0) is 4.74 Å². The maximum atomic E-state index is 5.55. The van der Waals surface area contributed by atoms with Gasteiger partial charge in [-0.2, -0.15) is 0 Å². The van der Waals surface area contributed by atoms with Gasteiger partial charge in [0.2, 0.25) is 0 Å². The highest BCUT2D eigenvalue weighted by atomic mass is 127. The minimum Gasteiger partial charge on any atom is -0.381 e. The summed E-state index contributed by atoms with van der Waals surface area (Å²) in [7, 11) is 1.84. The Morgan fingerprint density at radius 3 is 2.43 bits per heavy atom. The molecular formula is C16H34IN3O. The molecule has 0 radical (unpaired) electrons. The molecule has 1 aliphatic rings. The van der Waals surface area contributed by atoms with E-state index in [9.17, 15) is 0 Å². The van der Waals surface area contributed by atoms with Gasteiger partial charge in [0.15, 0.2) is 5.96 Å². The van der Waals surface area contributed by atoms with Crippen molar-refractivity contribution in [1.82, 2.24) is 10.6 Å². The Bertz CT molecular complexity index is 279. The van der Waals surface area contributed by atoms with E-state index >= 15 is 0 Å². The molecule has 126 valence electrons. The van der Waals surface area contributed by atoms with Crippen LogP contribution in [0.15, 0.2) is 4.99 Å². The Kier molecular flexibility index (Phi) is 12.5. The van der Waals surface area contributed by atoms with Crippen LogP contribution < -0.4 is 10.6 Å². The first-order valence-electron chi connectivity index (χ1n) is 8.22. The zero-order valence-electron chi connectivity index (χ0n) is 14.0. The molecule has 0 aromatic rings. The van der Waals surface area contributed by atoms with Crippen LogP contribution in [0.1, 0.15) is 58.8 Å². The molecule has 0 spiro atoms. The molecule has 0 aliphatic heterocycles. The van der Waals surface area contributed by atoms with Crippen LogP contribution in [0.25, 0.3) is 0 Å². The van der Waals surface area contributed by atoms with Crippen molar-refractivity contribution in [3.63, 3.8) is 0 Å². The number of guanidine groups is 1. The van der Waals surface area contributed by atoms with E-state index < -0.39 is 0 Å². The van der Waals surface area contributed by atoms with Gasteiger partial charge < -0.3 is 15.4 Å². The normalized spacial score (nSPS) is 17.4. The number of hydrogen-bond donors (Lipinski definition) is 2. The lowest BCUT2D eigenvalue weighted by molar-refractivity contribution is 0.129. The average Bonchev–Trinajstić information content (AvgIpc) is 2.88. The van der Waals surface area contributed by atoms with Crippen molar-refractivity contribution < 1.29 is 4.74 Å². The van der Waals surface area contributed by atoms with Crippen molar-refractivity contribution in [2.45, 2.75) is 58.8 Å².